The average Bonchev–Trinajstić information content (AvgIpc) is 2.24. The molecule has 0 saturated heterocycles. The molecule has 0 rings (SSSR count). The van der Waals surface area contributed by atoms with Crippen molar-refractivity contribution in [1.29, 1.82) is 0 Å². The van der Waals surface area contributed by atoms with Crippen molar-refractivity contribution >= 4 is 11.9 Å². The van der Waals surface area contributed by atoms with E-state index in [2.05, 4.69) is 10.6 Å². The van der Waals surface area contributed by atoms with Gasteiger partial charge >= 0.3 is 6.03 Å². The molecule has 4 N–H and O–H groups in total. The first-order chi connectivity index (χ1) is 7.42. The maximum Gasteiger partial charge on any atom is 0.312 e. The van der Waals surface area contributed by atoms with E-state index in [4.69, 9.17) is 5.73 Å². The van der Waals surface area contributed by atoms with E-state index in [0.29, 0.717) is 0 Å². The molecule has 0 aliphatic heterocycles. The number of carbonyl (C=O) groups excluding carboxylic acids is 2. The van der Waals surface area contributed by atoms with Crippen LogP contribution in [0.15, 0.2) is 0 Å². The van der Waals surface area contributed by atoms with Crippen molar-refractivity contribution in [3.8, 4) is 0 Å². The number of hydrogen-bond donors (Lipinski definition) is 3. The van der Waals surface area contributed by atoms with Crippen LogP contribution in [-0.4, -0.2) is 24.0 Å². The Kier molecular flexibility index (Phi) is 6.53. The van der Waals surface area contributed by atoms with Crippen LogP contribution in [0.25, 0.3) is 0 Å². The number of urea groups is 1. The zero-order chi connectivity index (χ0) is 12.7. The monoisotopic (exact) mass is 229 g/mol. The molecule has 0 aliphatic carbocycles. The quantitative estimate of drug-likeness (QED) is 0.634. The van der Waals surface area contributed by atoms with Crippen molar-refractivity contribution in [2.24, 2.45) is 11.7 Å². The average molecular weight is 229 g/mol. The van der Waals surface area contributed by atoms with Gasteiger partial charge in [0.1, 0.15) is 6.04 Å². The molecular weight excluding hydrogens is 206 g/mol. The summed E-state index contributed by atoms with van der Waals surface area (Å²) in [5, 5.41) is 5.33. The first kappa shape index (κ1) is 14.7. The standard InChI is InChI=1S/C11H23N3O2/c1-5-7(3)9(14-11(12)16)10(15)13-8(4)6-2/h7-9H,5-6H2,1-4H3,(H,13,15)(H3,12,14,16)/t7-,8-,9+/m0/s1. The molecule has 0 spiro atoms. The second-order valence-corrected chi connectivity index (χ2v) is 4.19. The Balaban J connectivity index is 4.49. The number of nitrogens with one attached hydrogen (secondary N) is 2. The molecule has 0 saturated carbocycles. The molecule has 0 aliphatic rings. The molecule has 0 aromatic carbocycles. The van der Waals surface area contributed by atoms with Crippen LogP contribution in [0, 0.1) is 5.92 Å². The molecule has 0 bridgehead atoms. The van der Waals surface area contributed by atoms with Gasteiger partial charge in [0.2, 0.25) is 5.91 Å². The highest BCUT2D eigenvalue weighted by molar-refractivity contribution is 5.86. The van der Waals surface area contributed by atoms with Gasteiger partial charge in [0, 0.05) is 6.04 Å². The van der Waals surface area contributed by atoms with Gasteiger partial charge in [-0.2, -0.15) is 0 Å². The molecule has 5 heteroatoms. The summed E-state index contributed by atoms with van der Waals surface area (Å²) in [7, 11) is 0. The summed E-state index contributed by atoms with van der Waals surface area (Å²) in [4.78, 5) is 22.7. The smallest absolute Gasteiger partial charge is 0.312 e. The summed E-state index contributed by atoms with van der Waals surface area (Å²) in [5.74, 6) is -0.0981. The minimum atomic E-state index is -0.662. The van der Waals surface area contributed by atoms with Gasteiger partial charge in [0.25, 0.3) is 0 Å². The van der Waals surface area contributed by atoms with E-state index in [-0.39, 0.29) is 17.9 Å². The predicted octanol–water partition coefficient (Wildman–Crippen LogP) is 0.984. The summed E-state index contributed by atoms with van der Waals surface area (Å²) in [5.41, 5.74) is 5.06. The van der Waals surface area contributed by atoms with Crippen molar-refractivity contribution in [2.45, 2.75) is 52.6 Å². The van der Waals surface area contributed by atoms with Crippen molar-refractivity contribution in [2.75, 3.05) is 0 Å². The Morgan fingerprint density at radius 3 is 2.06 bits per heavy atom. The minimum Gasteiger partial charge on any atom is -0.352 e. The Labute approximate surface area is 97.2 Å². The van der Waals surface area contributed by atoms with Crippen molar-refractivity contribution < 1.29 is 9.59 Å². The Bertz CT molecular complexity index is 243. The summed E-state index contributed by atoms with van der Waals surface area (Å²) < 4.78 is 0. The van der Waals surface area contributed by atoms with Gasteiger partial charge in [-0.05, 0) is 19.3 Å². The molecule has 3 amide bonds. The Morgan fingerprint density at radius 2 is 1.69 bits per heavy atom. The fraction of sp³-hybridized carbons (Fsp3) is 0.818. The van der Waals surface area contributed by atoms with Crippen LogP contribution in [0.2, 0.25) is 0 Å². The van der Waals surface area contributed by atoms with E-state index in [1.807, 2.05) is 27.7 Å². The van der Waals surface area contributed by atoms with E-state index < -0.39 is 12.1 Å². The molecule has 0 fully saturated rings. The Hall–Kier alpha value is -1.26. The molecule has 0 heterocycles. The van der Waals surface area contributed by atoms with Crippen LogP contribution in [0.3, 0.4) is 0 Å². The summed E-state index contributed by atoms with van der Waals surface area (Å²) in [6.45, 7) is 7.80. The van der Waals surface area contributed by atoms with Crippen LogP contribution >= 0.6 is 0 Å². The zero-order valence-corrected chi connectivity index (χ0v) is 10.5. The molecule has 3 atom stereocenters. The number of primary amides is 1. The highest BCUT2D eigenvalue weighted by Crippen LogP contribution is 2.08. The number of rotatable bonds is 6. The largest absolute Gasteiger partial charge is 0.352 e. The maximum absolute atomic E-state index is 11.9. The topological polar surface area (TPSA) is 84.2 Å². The third kappa shape index (κ3) is 5.00. The van der Waals surface area contributed by atoms with Gasteiger partial charge in [0.15, 0.2) is 0 Å². The minimum absolute atomic E-state index is 0.0663. The van der Waals surface area contributed by atoms with Gasteiger partial charge in [-0.15, -0.1) is 0 Å². The van der Waals surface area contributed by atoms with Crippen molar-refractivity contribution in [3.63, 3.8) is 0 Å². The molecule has 5 nitrogen and oxygen atoms in total. The first-order valence-corrected chi connectivity index (χ1v) is 5.78. The number of carbonyl (C=O) groups is 2. The van der Waals surface area contributed by atoms with E-state index in [0.717, 1.165) is 12.8 Å². The second kappa shape index (κ2) is 7.09. The van der Waals surface area contributed by atoms with Crippen LogP contribution in [-0.2, 0) is 4.79 Å². The van der Waals surface area contributed by atoms with E-state index >= 15 is 0 Å². The van der Waals surface area contributed by atoms with E-state index in [1.165, 1.54) is 0 Å². The lowest BCUT2D eigenvalue weighted by atomic mass is 9.98. The van der Waals surface area contributed by atoms with E-state index in [9.17, 15) is 9.59 Å². The molecule has 0 radical (unpaired) electrons. The number of amides is 3. The van der Waals surface area contributed by atoms with Crippen LogP contribution in [0.1, 0.15) is 40.5 Å². The van der Waals surface area contributed by atoms with E-state index in [1.54, 1.807) is 0 Å². The van der Waals surface area contributed by atoms with Crippen LogP contribution in [0.4, 0.5) is 4.79 Å². The van der Waals surface area contributed by atoms with Gasteiger partial charge in [-0.3, -0.25) is 4.79 Å². The lowest BCUT2D eigenvalue weighted by Crippen LogP contribution is -2.53. The van der Waals surface area contributed by atoms with Gasteiger partial charge < -0.3 is 16.4 Å². The van der Waals surface area contributed by atoms with Gasteiger partial charge in [-0.25, -0.2) is 4.79 Å². The highest BCUT2D eigenvalue weighted by atomic mass is 16.2. The normalized spacial score (nSPS) is 16.0. The molecule has 0 aromatic heterocycles. The summed E-state index contributed by atoms with van der Waals surface area (Å²) in [6, 6.07) is -1.10. The third-order valence-electron chi connectivity index (χ3n) is 2.79. The Morgan fingerprint density at radius 1 is 1.12 bits per heavy atom. The van der Waals surface area contributed by atoms with Crippen LogP contribution in [0.5, 0.6) is 0 Å². The SMILES string of the molecule is CC[C@H](C)NC(=O)[C@H](NC(N)=O)[C@@H](C)CC. The molecule has 94 valence electrons. The third-order valence-corrected chi connectivity index (χ3v) is 2.79. The second-order valence-electron chi connectivity index (χ2n) is 4.19. The zero-order valence-electron chi connectivity index (χ0n) is 10.5. The predicted molar refractivity (Wildman–Crippen MR) is 63.9 cm³/mol. The number of hydrogen-bond acceptors (Lipinski definition) is 2. The lowest BCUT2D eigenvalue weighted by molar-refractivity contribution is -0.124. The van der Waals surface area contributed by atoms with Gasteiger partial charge in [-0.1, -0.05) is 27.2 Å². The molecular formula is C11H23N3O2. The fourth-order valence-electron chi connectivity index (χ4n) is 1.29. The van der Waals surface area contributed by atoms with Gasteiger partial charge in [0.05, 0.1) is 0 Å². The van der Waals surface area contributed by atoms with Crippen molar-refractivity contribution in [1.82, 2.24) is 10.6 Å². The molecule has 0 unspecified atom stereocenters. The first-order valence-electron chi connectivity index (χ1n) is 5.78. The highest BCUT2D eigenvalue weighted by Gasteiger charge is 2.25. The molecule has 16 heavy (non-hydrogen) atoms. The lowest BCUT2D eigenvalue weighted by Gasteiger charge is -2.24. The summed E-state index contributed by atoms with van der Waals surface area (Å²) in [6.07, 6.45) is 1.66. The van der Waals surface area contributed by atoms with Crippen LogP contribution < -0.4 is 16.4 Å². The maximum atomic E-state index is 11.9. The summed E-state index contributed by atoms with van der Waals surface area (Å²) >= 11 is 0. The fourth-order valence-corrected chi connectivity index (χ4v) is 1.29. The molecule has 0 aromatic rings. The van der Waals surface area contributed by atoms with Crippen molar-refractivity contribution in [3.05, 3.63) is 0 Å². The number of nitrogens with two attached hydrogens (primary N) is 1.